The fourth-order valence-corrected chi connectivity index (χ4v) is 2.46. The van der Waals surface area contributed by atoms with Crippen LogP contribution in [0.1, 0.15) is 19.3 Å². The molecule has 0 bridgehead atoms. The summed E-state index contributed by atoms with van der Waals surface area (Å²) in [6.07, 6.45) is -4.87. The summed E-state index contributed by atoms with van der Waals surface area (Å²) in [4.78, 5) is 0. The third-order valence-corrected chi connectivity index (χ3v) is 3.26. The van der Waals surface area contributed by atoms with Gasteiger partial charge in [0.05, 0.1) is 18.1 Å². The van der Waals surface area contributed by atoms with Crippen LogP contribution < -0.4 is 0 Å². The van der Waals surface area contributed by atoms with E-state index in [1.54, 1.807) is 0 Å². The van der Waals surface area contributed by atoms with Crippen LogP contribution in [-0.4, -0.2) is 30.1 Å². The number of halogens is 3. The van der Waals surface area contributed by atoms with Gasteiger partial charge in [0, 0.05) is 12.5 Å². The highest BCUT2D eigenvalue weighted by atomic mass is 19.4. The zero-order valence-corrected chi connectivity index (χ0v) is 7.63. The second-order valence-corrected chi connectivity index (χ2v) is 4.14. The van der Waals surface area contributed by atoms with E-state index in [2.05, 4.69) is 0 Å². The van der Waals surface area contributed by atoms with Crippen LogP contribution >= 0.6 is 0 Å². The molecule has 0 aromatic heterocycles. The van der Waals surface area contributed by atoms with E-state index in [4.69, 9.17) is 4.74 Å². The summed E-state index contributed by atoms with van der Waals surface area (Å²) < 4.78 is 42.4. The minimum absolute atomic E-state index is 0.0191. The van der Waals surface area contributed by atoms with E-state index < -0.39 is 18.2 Å². The quantitative estimate of drug-likeness (QED) is 0.659. The molecule has 2 rings (SSSR count). The summed E-state index contributed by atoms with van der Waals surface area (Å²) >= 11 is 0. The van der Waals surface area contributed by atoms with Gasteiger partial charge >= 0.3 is 6.18 Å². The van der Waals surface area contributed by atoms with Crippen LogP contribution in [-0.2, 0) is 4.74 Å². The molecule has 82 valence electrons. The highest BCUT2D eigenvalue weighted by Crippen LogP contribution is 2.43. The minimum atomic E-state index is -4.20. The molecule has 5 heteroatoms. The molecule has 1 saturated heterocycles. The number of hydrogen-bond acceptors (Lipinski definition) is 2. The molecule has 1 aliphatic carbocycles. The largest absolute Gasteiger partial charge is 0.393 e. The van der Waals surface area contributed by atoms with Crippen molar-refractivity contribution >= 4 is 0 Å². The van der Waals surface area contributed by atoms with Gasteiger partial charge in [0.25, 0.3) is 0 Å². The lowest BCUT2D eigenvalue weighted by Gasteiger charge is -2.35. The van der Waals surface area contributed by atoms with Gasteiger partial charge in [-0.15, -0.1) is 0 Å². The third kappa shape index (κ3) is 1.75. The topological polar surface area (TPSA) is 29.5 Å². The zero-order valence-electron chi connectivity index (χ0n) is 7.63. The average Bonchev–Trinajstić information content (AvgIpc) is 2.50. The predicted molar refractivity (Wildman–Crippen MR) is 42.6 cm³/mol. The highest BCUT2D eigenvalue weighted by molar-refractivity contribution is 4.92. The van der Waals surface area contributed by atoms with E-state index in [9.17, 15) is 18.3 Å². The predicted octanol–water partition coefficient (Wildman–Crippen LogP) is 1.72. The van der Waals surface area contributed by atoms with Crippen LogP contribution in [0.4, 0.5) is 13.2 Å². The van der Waals surface area contributed by atoms with Crippen molar-refractivity contribution in [2.75, 3.05) is 6.61 Å². The van der Waals surface area contributed by atoms with Crippen LogP contribution in [0.3, 0.4) is 0 Å². The van der Waals surface area contributed by atoms with E-state index in [0.29, 0.717) is 13.0 Å². The Morgan fingerprint density at radius 1 is 1.21 bits per heavy atom. The lowest BCUT2D eigenvalue weighted by molar-refractivity contribution is -0.203. The first-order chi connectivity index (χ1) is 6.48. The molecule has 0 unspecified atom stereocenters. The zero-order chi connectivity index (χ0) is 10.3. The number of hydrogen-bond donors (Lipinski definition) is 1. The van der Waals surface area contributed by atoms with Crippen molar-refractivity contribution in [3.63, 3.8) is 0 Å². The van der Waals surface area contributed by atoms with Crippen molar-refractivity contribution in [2.45, 2.75) is 37.6 Å². The van der Waals surface area contributed by atoms with Crippen molar-refractivity contribution in [1.82, 2.24) is 0 Å². The van der Waals surface area contributed by atoms with Gasteiger partial charge in [-0.05, 0) is 19.3 Å². The molecule has 0 amide bonds. The smallest absolute Gasteiger partial charge is 0.392 e. The standard InChI is InChI=1S/C9H13F3O2/c10-9(11,12)5-3-7(13)6-1-2-14-8(6)4-5/h5-8,13H,1-4H2/t5-,6-,7+,8+/m0/s1. The lowest BCUT2D eigenvalue weighted by atomic mass is 9.77. The number of aliphatic hydroxyl groups excluding tert-OH is 1. The Kier molecular flexibility index (Phi) is 2.47. The maximum Gasteiger partial charge on any atom is 0.392 e. The van der Waals surface area contributed by atoms with Crippen LogP contribution in [0.15, 0.2) is 0 Å². The van der Waals surface area contributed by atoms with Gasteiger partial charge in [-0.3, -0.25) is 0 Å². The Labute approximate surface area is 80.1 Å². The Bertz CT molecular complexity index is 217. The van der Waals surface area contributed by atoms with Gasteiger partial charge in [-0.2, -0.15) is 13.2 Å². The number of alkyl halides is 3. The summed E-state index contributed by atoms with van der Waals surface area (Å²) in [5.41, 5.74) is 0. The Morgan fingerprint density at radius 3 is 2.57 bits per heavy atom. The number of fused-ring (bicyclic) bond motifs is 1. The first-order valence-electron chi connectivity index (χ1n) is 4.85. The number of ether oxygens (including phenoxy) is 1. The molecule has 0 aromatic rings. The maximum atomic E-state index is 12.4. The molecule has 2 fully saturated rings. The van der Waals surface area contributed by atoms with Gasteiger partial charge in [0.15, 0.2) is 0 Å². The van der Waals surface area contributed by atoms with E-state index in [1.807, 2.05) is 0 Å². The maximum absolute atomic E-state index is 12.4. The SMILES string of the molecule is O[C@@H]1C[C@H](C(F)(F)F)C[C@H]2OCC[C@@H]12. The fraction of sp³-hybridized carbons (Fsp3) is 1.00. The molecule has 2 nitrogen and oxygen atoms in total. The van der Waals surface area contributed by atoms with Crippen molar-refractivity contribution in [3.8, 4) is 0 Å². The molecular formula is C9H13F3O2. The summed E-state index contributed by atoms with van der Waals surface area (Å²) in [5, 5.41) is 9.53. The molecule has 1 heterocycles. The summed E-state index contributed by atoms with van der Waals surface area (Å²) in [5.74, 6) is -1.47. The molecule has 1 N–H and O–H groups in total. The monoisotopic (exact) mass is 210 g/mol. The lowest BCUT2D eigenvalue weighted by Crippen LogP contribution is -2.42. The average molecular weight is 210 g/mol. The van der Waals surface area contributed by atoms with Gasteiger partial charge in [0.1, 0.15) is 0 Å². The molecule has 1 aliphatic heterocycles. The highest BCUT2D eigenvalue weighted by Gasteiger charge is 2.49. The van der Waals surface area contributed by atoms with Crippen LogP contribution in [0.5, 0.6) is 0 Å². The molecule has 14 heavy (non-hydrogen) atoms. The van der Waals surface area contributed by atoms with Crippen molar-refractivity contribution in [1.29, 1.82) is 0 Å². The number of rotatable bonds is 0. The van der Waals surface area contributed by atoms with Crippen LogP contribution in [0.2, 0.25) is 0 Å². The normalized spacial score (nSPS) is 43.7. The van der Waals surface area contributed by atoms with Crippen LogP contribution in [0.25, 0.3) is 0 Å². The van der Waals surface area contributed by atoms with E-state index in [-0.39, 0.29) is 24.9 Å². The van der Waals surface area contributed by atoms with Crippen molar-refractivity contribution < 1.29 is 23.0 Å². The molecule has 0 spiro atoms. The van der Waals surface area contributed by atoms with Crippen LogP contribution in [0, 0.1) is 11.8 Å². The fourth-order valence-electron chi connectivity index (χ4n) is 2.46. The van der Waals surface area contributed by atoms with Crippen molar-refractivity contribution in [2.24, 2.45) is 11.8 Å². The third-order valence-electron chi connectivity index (χ3n) is 3.26. The van der Waals surface area contributed by atoms with Gasteiger partial charge < -0.3 is 9.84 Å². The Balaban J connectivity index is 2.06. The van der Waals surface area contributed by atoms with Gasteiger partial charge in [-0.1, -0.05) is 0 Å². The van der Waals surface area contributed by atoms with Crippen molar-refractivity contribution in [3.05, 3.63) is 0 Å². The summed E-state index contributed by atoms with van der Waals surface area (Å²) in [6.45, 7) is 0.483. The first kappa shape index (κ1) is 10.2. The summed E-state index contributed by atoms with van der Waals surface area (Å²) in [6, 6.07) is 0. The Hall–Kier alpha value is -0.290. The molecule has 2 aliphatic rings. The van der Waals surface area contributed by atoms with E-state index in [1.165, 1.54) is 0 Å². The van der Waals surface area contributed by atoms with Gasteiger partial charge in [0.2, 0.25) is 0 Å². The van der Waals surface area contributed by atoms with Gasteiger partial charge in [-0.25, -0.2) is 0 Å². The molecule has 4 atom stereocenters. The minimum Gasteiger partial charge on any atom is -0.393 e. The summed E-state index contributed by atoms with van der Waals surface area (Å²) in [7, 11) is 0. The second kappa shape index (κ2) is 3.38. The molecule has 0 radical (unpaired) electrons. The van der Waals surface area contributed by atoms with E-state index in [0.717, 1.165) is 0 Å². The Morgan fingerprint density at radius 2 is 1.93 bits per heavy atom. The van der Waals surface area contributed by atoms with E-state index >= 15 is 0 Å². The molecule has 0 aromatic carbocycles. The first-order valence-corrected chi connectivity index (χ1v) is 4.85. The molecular weight excluding hydrogens is 197 g/mol. The number of aliphatic hydroxyl groups is 1. The second-order valence-electron chi connectivity index (χ2n) is 4.14. The molecule has 1 saturated carbocycles.